The summed E-state index contributed by atoms with van der Waals surface area (Å²) in [4.78, 5) is 5.55. The van der Waals surface area contributed by atoms with Crippen molar-refractivity contribution in [2.75, 3.05) is 32.1 Å². The van der Waals surface area contributed by atoms with Crippen molar-refractivity contribution in [2.24, 2.45) is 4.99 Å². The molecule has 0 radical (unpaired) electrons. The number of nitrogens with one attached hydrogen (secondary N) is 2. The lowest BCUT2D eigenvalue weighted by Gasteiger charge is -2.15. The zero-order valence-corrected chi connectivity index (χ0v) is 14.2. The van der Waals surface area contributed by atoms with Crippen LogP contribution < -0.4 is 10.6 Å². The maximum Gasteiger partial charge on any atom is 0.191 e. The van der Waals surface area contributed by atoms with Crippen LogP contribution in [0.15, 0.2) is 40.2 Å². The van der Waals surface area contributed by atoms with E-state index in [1.807, 2.05) is 36.6 Å². The van der Waals surface area contributed by atoms with Crippen LogP contribution in [-0.2, 0) is 0 Å². The molecular formula is C15H25N3S2. The van der Waals surface area contributed by atoms with Crippen molar-refractivity contribution in [1.29, 1.82) is 0 Å². The predicted molar refractivity (Wildman–Crippen MR) is 94.1 cm³/mol. The van der Waals surface area contributed by atoms with E-state index in [-0.39, 0.29) is 0 Å². The Morgan fingerprint density at radius 3 is 2.65 bits per heavy atom. The minimum absolute atomic E-state index is 0.502. The number of nitrogens with zero attached hydrogens (tertiary/aromatic N) is 1. The first-order valence-corrected chi connectivity index (χ1v) is 9.18. The van der Waals surface area contributed by atoms with Gasteiger partial charge in [0, 0.05) is 30.3 Å². The SMILES string of the molecule is CN=C(NCCCSC)NCC(C)Sc1ccccc1. The molecule has 0 bridgehead atoms. The van der Waals surface area contributed by atoms with Gasteiger partial charge in [0.2, 0.25) is 0 Å². The van der Waals surface area contributed by atoms with Crippen molar-refractivity contribution in [2.45, 2.75) is 23.5 Å². The van der Waals surface area contributed by atoms with E-state index in [1.54, 1.807) is 0 Å². The highest BCUT2D eigenvalue weighted by atomic mass is 32.2. The van der Waals surface area contributed by atoms with E-state index in [1.165, 1.54) is 10.6 Å². The molecule has 1 atom stereocenters. The summed E-state index contributed by atoms with van der Waals surface area (Å²) >= 11 is 3.76. The quantitative estimate of drug-likeness (QED) is 0.335. The number of benzene rings is 1. The van der Waals surface area contributed by atoms with E-state index in [0.717, 1.165) is 25.5 Å². The van der Waals surface area contributed by atoms with E-state index in [4.69, 9.17) is 0 Å². The van der Waals surface area contributed by atoms with E-state index >= 15 is 0 Å². The first-order valence-electron chi connectivity index (χ1n) is 6.91. The third-order valence-corrected chi connectivity index (χ3v) is 4.49. The Hall–Kier alpha value is -0.810. The maximum atomic E-state index is 4.24. The second kappa shape index (κ2) is 10.9. The fourth-order valence-corrected chi connectivity index (χ4v) is 3.04. The van der Waals surface area contributed by atoms with Gasteiger partial charge >= 0.3 is 0 Å². The lowest BCUT2D eigenvalue weighted by atomic mass is 10.4. The molecule has 112 valence electrons. The zero-order chi connectivity index (χ0) is 14.6. The minimum atomic E-state index is 0.502. The Kier molecular flexibility index (Phi) is 9.41. The van der Waals surface area contributed by atoms with Gasteiger partial charge in [-0.1, -0.05) is 25.1 Å². The summed E-state index contributed by atoms with van der Waals surface area (Å²) in [5.74, 6) is 2.08. The molecule has 1 aromatic carbocycles. The normalized spacial score (nSPS) is 13.1. The Labute approximate surface area is 131 Å². The van der Waals surface area contributed by atoms with Crippen molar-refractivity contribution in [3.63, 3.8) is 0 Å². The first kappa shape index (κ1) is 17.2. The van der Waals surface area contributed by atoms with Crippen molar-refractivity contribution >= 4 is 29.5 Å². The molecule has 0 aromatic heterocycles. The second-order valence-corrected chi connectivity index (χ2v) is 6.97. The van der Waals surface area contributed by atoms with Gasteiger partial charge in [-0.15, -0.1) is 11.8 Å². The molecule has 3 nitrogen and oxygen atoms in total. The molecule has 0 spiro atoms. The highest BCUT2D eigenvalue weighted by molar-refractivity contribution is 8.00. The molecule has 1 rings (SSSR count). The standard InChI is InChI=1S/C15H25N3S2/c1-13(20-14-8-5-4-6-9-14)12-18-15(16-2)17-10-7-11-19-3/h4-6,8-9,13H,7,10-12H2,1-3H3,(H2,16,17,18). The van der Waals surface area contributed by atoms with Gasteiger partial charge in [0.15, 0.2) is 5.96 Å². The summed E-state index contributed by atoms with van der Waals surface area (Å²) in [5, 5.41) is 7.22. The lowest BCUT2D eigenvalue weighted by Crippen LogP contribution is -2.40. The van der Waals surface area contributed by atoms with Crippen LogP contribution >= 0.6 is 23.5 Å². The van der Waals surface area contributed by atoms with Crippen LogP contribution in [0.25, 0.3) is 0 Å². The van der Waals surface area contributed by atoms with Gasteiger partial charge in [0.05, 0.1) is 0 Å². The van der Waals surface area contributed by atoms with Crippen molar-refractivity contribution in [3.8, 4) is 0 Å². The number of aliphatic imine (C=N–C) groups is 1. The summed E-state index contributed by atoms with van der Waals surface area (Å²) in [6.07, 6.45) is 3.30. The molecule has 0 fully saturated rings. The van der Waals surface area contributed by atoms with Crippen LogP contribution in [-0.4, -0.2) is 43.4 Å². The molecule has 1 unspecified atom stereocenters. The largest absolute Gasteiger partial charge is 0.356 e. The molecule has 0 amide bonds. The van der Waals surface area contributed by atoms with E-state index in [0.29, 0.717) is 5.25 Å². The molecule has 0 saturated heterocycles. The van der Waals surface area contributed by atoms with Crippen LogP contribution in [0.1, 0.15) is 13.3 Å². The highest BCUT2D eigenvalue weighted by Crippen LogP contribution is 2.21. The third kappa shape index (κ3) is 7.70. The molecule has 0 saturated carbocycles. The van der Waals surface area contributed by atoms with Crippen molar-refractivity contribution in [1.82, 2.24) is 10.6 Å². The summed E-state index contributed by atoms with van der Waals surface area (Å²) in [7, 11) is 1.82. The molecule has 5 heteroatoms. The molecule has 0 aliphatic carbocycles. The van der Waals surface area contributed by atoms with Crippen LogP contribution in [0, 0.1) is 0 Å². The van der Waals surface area contributed by atoms with Gasteiger partial charge in [-0.2, -0.15) is 11.8 Å². The van der Waals surface area contributed by atoms with Crippen molar-refractivity contribution < 1.29 is 0 Å². The summed E-state index contributed by atoms with van der Waals surface area (Å²) in [5.41, 5.74) is 0. The molecule has 2 N–H and O–H groups in total. The number of hydrogen-bond acceptors (Lipinski definition) is 3. The van der Waals surface area contributed by atoms with Gasteiger partial charge in [-0.3, -0.25) is 4.99 Å². The Morgan fingerprint density at radius 2 is 2.00 bits per heavy atom. The van der Waals surface area contributed by atoms with Gasteiger partial charge in [-0.05, 0) is 30.6 Å². The number of hydrogen-bond donors (Lipinski definition) is 2. The lowest BCUT2D eigenvalue weighted by molar-refractivity contribution is 0.774. The average Bonchev–Trinajstić information content (AvgIpc) is 2.47. The van der Waals surface area contributed by atoms with Gasteiger partial charge in [0.25, 0.3) is 0 Å². The first-order chi connectivity index (χ1) is 9.76. The molecule has 0 aliphatic rings. The Balaban J connectivity index is 2.23. The van der Waals surface area contributed by atoms with E-state index < -0.39 is 0 Å². The summed E-state index contributed by atoms with van der Waals surface area (Å²) < 4.78 is 0. The van der Waals surface area contributed by atoms with Crippen LogP contribution in [0.2, 0.25) is 0 Å². The minimum Gasteiger partial charge on any atom is -0.356 e. The van der Waals surface area contributed by atoms with Crippen molar-refractivity contribution in [3.05, 3.63) is 30.3 Å². The smallest absolute Gasteiger partial charge is 0.191 e. The number of guanidine groups is 1. The highest BCUT2D eigenvalue weighted by Gasteiger charge is 2.05. The maximum absolute atomic E-state index is 4.24. The Morgan fingerprint density at radius 1 is 1.25 bits per heavy atom. The average molecular weight is 312 g/mol. The second-order valence-electron chi connectivity index (χ2n) is 4.47. The van der Waals surface area contributed by atoms with Gasteiger partial charge in [-0.25, -0.2) is 0 Å². The number of rotatable bonds is 8. The van der Waals surface area contributed by atoms with Gasteiger partial charge in [0.1, 0.15) is 0 Å². The summed E-state index contributed by atoms with van der Waals surface area (Å²) in [6, 6.07) is 10.5. The molecule has 0 heterocycles. The fraction of sp³-hybridized carbons (Fsp3) is 0.533. The topological polar surface area (TPSA) is 36.4 Å². The zero-order valence-electron chi connectivity index (χ0n) is 12.6. The van der Waals surface area contributed by atoms with Crippen LogP contribution in [0.4, 0.5) is 0 Å². The number of thioether (sulfide) groups is 2. The predicted octanol–water partition coefficient (Wildman–Crippen LogP) is 3.09. The third-order valence-electron chi connectivity index (χ3n) is 2.68. The monoisotopic (exact) mass is 311 g/mol. The fourth-order valence-electron chi connectivity index (χ4n) is 1.66. The molecule has 1 aromatic rings. The van der Waals surface area contributed by atoms with E-state index in [9.17, 15) is 0 Å². The molecular weight excluding hydrogens is 286 g/mol. The molecule has 20 heavy (non-hydrogen) atoms. The molecule has 0 aliphatic heterocycles. The van der Waals surface area contributed by atoms with Gasteiger partial charge < -0.3 is 10.6 Å². The van der Waals surface area contributed by atoms with Crippen LogP contribution in [0.5, 0.6) is 0 Å². The van der Waals surface area contributed by atoms with E-state index in [2.05, 4.69) is 53.1 Å². The van der Waals surface area contributed by atoms with Crippen LogP contribution in [0.3, 0.4) is 0 Å². The Bertz CT molecular complexity index is 382. The summed E-state index contributed by atoms with van der Waals surface area (Å²) in [6.45, 7) is 4.11.